The van der Waals surface area contributed by atoms with Gasteiger partial charge in [-0.15, -0.1) is 12.4 Å². The summed E-state index contributed by atoms with van der Waals surface area (Å²) in [5.74, 6) is -0.499. The molecule has 0 spiro atoms. The molecule has 1 aromatic carbocycles. The summed E-state index contributed by atoms with van der Waals surface area (Å²) in [7, 11) is 0. The lowest BCUT2D eigenvalue weighted by atomic mass is 9.92. The van der Waals surface area contributed by atoms with Crippen LogP contribution in [0.1, 0.15) is 30.9 Å². The average molecular weight is 312 g/mol. The van der Waals surface area contributed by atoms with Gasteiger partial charge in [-0.3, -0.25) is 4.79 Å². The zero-order chi connectivity index (χ0) is 14.0. The van der Waals surface area contributed by atoms with Crippen molar-refractivity contribution in [1.82, 2.24) is 10.3 Å². The van der Waals surface area contributed by atoms with Crippen molar-refractivity contribution in [3.63, 3.8) is 0 Å². The Bertz CT molecular complexity index is 517. The standard InChI is InChI=1S/C15H18FN3O.ClH/c16-15(7-10-17-11-8-15)14(20)19-13(6-9-18-19)12-4-2-1-3-5-12;/h1-5,9,13,17H,6-8,10-11H2;1H. The quantitative estimate of drug-likeness (QED) is 0.912. The fraction of sp³-hybridized carbons (Fsp3) is 0.467. The van der Waals surface area contributed by atoms with E-state index in [0.717, 1.165) is 5.56 Å². The number of benzene rings is 1. The highest BCUT2D eigenvalue weighted by atomic mass is 35.5. The molecule has 0 bridgehead atoms. The third kappa shape index (κ3) is 3.09. The molecule has 2 aliphatic rings. The van der Waals surface area contributed by atoms with Gasteiger partial charge in [0.2, 0.25) is 0 Å². The van der Waals surface area contributed by atoms with Gasteiger partial charge in [-0.1, -0.05) is 30.3 Å². The molecule has 2 aliphatic heterocycles. The number of nitrogens with one attached hydrogen (secondary N) is 1. The Balaban J connectivity index is 0.00000161. The van der Waals surface area contributed by atoms with Crippen LogP contribution in [0.3, 0.4) is 0 Å². The van der Waals surface area contributed by atoms with E-state index in [9.17, 15) is 9.18 Å². The Morgan fingerprint density at radius 2 is 1.95 bits per heavy atom. The van der Waals surface area contributed by atoms with E-state index in [1.807, 2.05) is 30.3 Å². The third-order valence-corrected chi connectivity index (χ3v) is 4.00. The van der Waals surface area contributed by atoms with E-state index in [0.29, 0.717) is 19.5 Å². The lowest BCUT2D eigenvalue weighted by Gasteiger charge is -2.33. The molecule has 0 radical (unpaired) electrons. The maximum atomic E-state index is 14.8. The van der Waals surface area contributed by atoms with E-state index in [1.54, 1.807) is 6.21 Å². The number of halogens is 2. The Morgan fingerprint density at radius 1 is 1.29 bits per heavy atom. The fourth-order valence-corrected chi connectivity index (χ4v) is 2.80. The molecule has 1 saturated heterocycles. The van der Waals surface area contributed by atoms with Crippen molar-refractivity contribution < 1.29 is 9.18 Å². The second-order valence-corrected chi connectivity index (χ2v) is 5.33. The van der Waals surface area contributed by atoms with E-state index in [-0.39, 0.29) is 31.3 Å². The van der Waals surface area contributed by atoms with Crippen molar-refractivity contribution >= 4 is 24.5 Å². The first-order valence-corrected chi connectivity index (χ1v) is 7.01. The molecular formula is C15H19ClFN3O. The van der Waals surface area contributed by atoms with Crippen LogP contribution in [0.25, 0.3) is 0 Å². The van der Waals surface area contributed by atoms with Crippen LogP contribution in [0.4, 0.5) is 4.39 Å². The van der Waals surface area contributed by atoms with Crippen molar-refractivity contribution in [1.29, 1.82) is 0 Å². The normalized spacial score (nSPS) is 23.7. The lowest BCUT2D eigenvalue weighted by molar-refractivity contribution is -0.147. The number of alkyl halides is 1. The maximum absolute atomic E-state index is 14.8. The number of hydrazone groups is 1. The van der Waals surface area contributed by atoms with Gasteiger partial charge in [-0.2, -0.15) is 5.10 Å². The number of nitrogens with zero attached hydrogens (tertiary/aromatic N) is 2. The predicted molar refractivity (Wildman–Crippen MR) is 82.3 cm³/mol. The molecule has 1 atom stereocenters. The topological polar surface area (TPSA) is 44.7 Å². The van der Waals surface area contributed by atoms with E-state index >= 15 is 0 Å². The zero-order valence-corrected chi connectivity index (χ0v) is 12.5. The molecule has 0 aliphatic carbocycles. The fourth-order valence-electron chi connectivity index (χ4n) is 2.80. The Hall–Kier alpha value is -1.46. The highest BCUT2D eigenvalue weighted by Gasteiger charge is 2.45. The smallest absolute Gasteiger partial charge is 0.280 e. The summed E-state index contributed by atoms with van der Waals surface area (Å²) in [5, 5.41) is 8.53. The number of hydrogen-bond donors (Lipinski definition) is 1. The van der Waals surface area contributed by atoms with Crippen molar-refractivity contribution in [2.24, 2.45) is 5.10 Å². The van der Waals surface area contributed by atoms with Gasteiger partial charge in [0.15, 0.2) is 5.67 Å². The molecule has 1 N–H and O–H groups in total. The van der Waals surface area contributed by atoms with Crippen LogP contribution in [0, 0.1) is 0 Å². The summed E-state index contributed by atoms with van der Waals surface area (Å²) in [5.41, 5.74) is -0.782. The van der Waals surface area contributed by atoms with Crippen LogP contribution in [0.2, 0.25) is 0 Å². The largest absolute Gasteiger partial charge is 0.316 e. The van der Waals surface area contributed by atoms with Gasteiger partial charge in [-0.05, 0) is 18.7 Å². The average Bonchev–Trinajstić information content (AvgIpc) is 2.97. The molecule has 4 nitrogen and oxygen atoms in total. The highest BCUT2D eigenvalue weighted by molar-refractivity contribution is 5.87. The SMILES string of the molecule is Cl.O=C(N1N=CCC1c1ccccc1)C1(F)CCNCC1. The first-order valence-electron chi connectivity index (χ1n) is 7.01. The molecular weight excluding hydrogens is 293 g/mol. The second kappa shape index (κ2) is 6.54. The van der Waals surface area contributed by atoms with Crippen molar-refractivity contribution in [2.45, 2.75) is 31.0 Å². The van der Waals surface area contributed by atoms with Gasteiger partial charge in [0.25, 0.3) is 5.91 Å². The highest BCUT2D eigenvalue weighted by Crippen LogP contribution is 2.34. The molecule has 3 rings (SSSR count). The minimum atomic E-state index is -1.78. The molecule has 1 fully saturated rings. The minimum Gasteiger partial charge on any atom is -0.316 e. The number of carbonyl (C=O) groups excluding carboxylic acids is 1. The summed E-state index contributed by atoms with van der Waals surface area (Å²) in [4.78, 5) is 12.5. The molecule has 21 heavy (non-hydrogen) atoms. The molecule has 1 aromatic rings. The lowest BCUT2D eigenvalue weighted by Crippen LogP contribution is -2.50. The number of amides is 1. The number of hydrogen-bond acceptors (Lipinski definition) is 3. The Labute approximate surface area is 129 Å². The Morgan fingerprint density at radius 3 is 2.62 bits per heavy atom. The van der Waals surface area contributed by atoms with Gasteiger partial charge in [0, 0.05) is 25.5 Å². The van der Waals surface area contributed by atoms with Crippen LogP contribution in [-0.2, 0) is 4.79 Å². The van der Waals surface area contributed by atoms with Gasteiger partial charge in [0.1, 0.15) is 0 Å². The first-order chi connectivity index (χ1) is 9.71. The molecule has 114 valence electrons. The third-order valence-electron chi connectivity index (χ3n) is 4.00. The zero-order valence-electron chi connectivity index (χ0n) is 11.7. The van der Waals surface area contributed by atoms with Gasteiger partial charge in [0.05, 0.1) is 6.04 Å². The molecule has 2 heterocycles. The maximum Gasteiger partial charge on any atom is 0.280 e. The second-order valence-electron chi connectivity index (χ2n) is 5.33. The van der Waals surface area contributed by atoms with Crippen LogP contribution in [-0.4, -0.2) is 35.9 Å². The molecule has 1 amide bonds. The predicted octanol–water partition coefficient (Wildman–Crippen LogP) is 2.46. The summed E-state index contributed by atoms with van der Waals surface area (Å²) < 4.78 is 14.8. The molecule has 6 heteroatoms. The van der Waals surface area contributed by atoms with Crippen molar-refractivity contribution in [2.75, 3.05) is 13.1 Å². The first kappa shape index (κ1) is 15.9. The number of piperidine rings is 1. The van der Waals surface area contributed by atoms with Gasteiger partial charge < -0.3 is 5.32 Å². The summed E-state index contributed by atoms with van der Waals surface area (Å²) in [6.45, 7) is 1.07. The summed E-state index contributed by atoms with van der Waals surface area (Å²) in [6.07, 6.45) is 2.78. The number of carbonyl (C=O) groups is 1. The Kier molecular flexibility index (Phi) is 4.96. The van der Waals surface area contributed by atoms with Crippen LogP contribution < -0.4 is 5.32 Å². The minimum absolute atomic E-state index is 0. The van der Waals surface area contributed by atoms with Gasteiger partial charge in [-0.25, -0.2) is 9.40 Å². The van der Waals surface area contributed by atoms with Crippen molar-refractivity contribution in [3.8, 4) is 0 Å². The monoisotopic (exact) mass is 311 g/mol. The van der Waals surface area contributed by atoms with E-state index in [1.165, 1.54) is 5.01 Å². The molecule has 1 unspecified atom stereocenters. The van der Waals surface area contributed by atoms with Gasteiger partial charge >= 0.3 is 0 Å². The summed E-state index contributed by atoms with van der Waals surface area (Å²) >= 11 is 0. The summed E-state index contributed by atoms with van der Waals surface area (Å²) in [6, 6.07) is 9.50. The van der Waals surface area contributed by atoms with E-state index in [2.05, 4.69) is 10.4 Å². The number of rotatable bonds is 2. The van der Waals surface area contributed by atoms with Crippen LogP contribution in [0.15, 0.2) is 35.4 Å². The van der Waals surface area contributed by atoms with E-state index in [4.69, 9.17) is 0 Å². The van der Waals surface area contributed by atoms with E-state index < -0.39 is 11.6 Å². The van der Waals surface area contributed by atoms with Crippen LogP contribution >= 0.6 is 12.4 Å². The van der Waals surface area contributed by atoms with Crippen LogP contribution in [0.5, 0.6) is 0 Å². The van der Waals surface area contributed by atoms with Crippen molar-refractivity contribution in [3.05, 3.63) is 35.9 Å². The molecule has 0 saturated carbocycles. The molecule has 0 aromatic heterocycles.